The third kappa shape index (κ3) is 2.97. The number of nitrogens with zero attached hydrogens (tertiary/aromatic N) is 2. The molecule has 0 radical (unpaired) electrons. The zero-order valence-electron chi connectivity index (χ0n) is 10.2. The number of pyridine rings is 1. The number of anilines is 1. The zero-order valence-corrected chi connectivity index (χ0v) is 10.2. The summed E-state index contributed by atoms with van der Waals surface area (Å²) in [5.41, 5.74) is 6.03. The second kappa shape index (κ2) is 5.07. The third-order valence-electron chi connectivity index (χ3n) is 3.26. The highest BCUT2D eigenvalue weighted by Crippen LogP contribution is 2.33. The van der Waals surface area contributed by atoms with E-state index in [2.05, 4.69) is 4.98 Å². The first kappa shape index (κ1) is 13.6. The number of carbonyl (C=O) groups excluding carboxylic acids is 1. The summed E-state index contributed by atoms with van der Waals surface area (Å²) in [5.74, 6) is -1.94. The molecule has 0 aliphatic carbocycles. The number of hydrogen-bond donors (Lipinski definition) is 1. The van der Waals surface area contributed by atoms with Crippen molar-refractivity contribution in [3.63, 3.8) is 0 Å². The SMILES string of the molecule is Nc1ccncc1C(=O)N1CCCC(C(F)(F)F)C1. The van der Waals surface area contributed by atoms with Crippen LogP contribution in [0.5, 0.6) is 0 Å². The Kier molecular flexibility index (Phi) is 3.64. The summed E-state index contributed by atoms with van der Waals surface area (Å²) in [7, 11) is 0. The van der Waals surface area contributed by atoms with E-state index in [4.69, 9.17) is 5.73 Å². The van der Waals surface area contributed by atoms with Crippen molar-refractivity contribution in [2.24, 2.45) is 5.92 Å². The van der Waals surface area contributed by atoms with Gasteiger partial charge in [0.25, 0.3) is 5.91 Å². The zero-order chi connectivity index (χ0) is 14.0. The van der Waals surface area contributed by atoms with Gasteiger partial charge in [-0.25, -0.2) is 0 Å². The van der Waals surface area contributed by atoms with Gasteiger partial charge in [0.05, 0.1) is 11.5 Å². The van der Waals surface area contributed by atoms with Gasteiger partial charge >= 0.3 is 6.18 Å². The second-order valence-electron chi connectivity index (χ2n) is 4.59. The number of aromatic nitrogens is 1. The standard InChI is InChI=1S/C12H14F3N3O/c13-12(14,15)8-2-1-5-18(7-8)11(19)9-6-17-4-3-10(9)16/h3-4,6,8H,1-2,5,7H2,(H2,16,17). The first-order chi connectivity index (χ1) is 8.89. The molecule has 2 rings (SSSR count). The van der Waals surface area contributed by atoms with Crippen LogP contribution in [0.3, 0.4) is 0 Å². The molecule has 0 aromatic carbocycles. The predicted molar refractivity (Wildman–Crippen MR) is 63.3 cm³/mol. The maximum absolute atomic E-state index is 12.7. The molecule has 1 fully saturated rings. The predicted octanol–water partition coefficient (Wildman–Crippen LogP) is 2.08. The van der Waals surface area contributed by atoms with Gasteiger partial charge in [-0.05, 0) is 18.9 Å². The van der Waals surface area contributed by atoms with Gasteiger partial charge in [0.15, 0.2) is 0 Å². The van der Waals surface area contributed by atoms with Crippen LogP contribution in [0.25, 0.3) is 0 Å². The fraction of sp³-hybridized carbons (Fsp3) is 0.500. The second-order valence-corrected chi connectivity index (χ2v) is 4.59. The molecule has 1 saturated heterocycles. The van der Waals surface area contributed by atoms with Crippen LogP contribution in [0, 0.1) is 5.92 Å². The minimum absolute atomic E-state index is 0.0653. The summed E-state index contributed by atoms with van der Waals surface area (Å²) in [6, 6.07) is 1.46. The Bertz CT molecular complexity index is 476. The third-order valence-corrected chi connectivity index (χ3v) is 3.26. The van der Waals surface area contributed by atoms with Gasteiger partial charge in [-0.2, -0.15) is 13.2 Å². The first-order valence-corrected chi connectivity index (χ1v) is 5.95. The maximum atomic E-state index is 12.7. The average molecular weight is 273 g/mol. The average Bonchev–Trinajstić information content (AvgIpc) is 2.38. The van der Waals surface area contributed by atoms with E-state index < -0.39 is 18.0 Å². The molecular formula is C12H14F3N3O. The Morgan fingerprint density at radius 2 is 2.21 bits per heavy atom. The topological polar surface area (TPSA) is 59.2 Å². The molecule has 1 atom stereocenters. The van der Waals surface area contributed by atoms with E-state index in [9.17, 15) is 18.0 Å². The van der Waals surface area contributed by atoms with Crippen LogP contribution in [0.2, 0.25) is 0 Å². The lowest BCUT2D eigenvalue weighted by Gasteiger charge is -2.33. The largest absolute Gasteiger partial charge is 0.398 e. The number of rotatable bonds is 1. The summed E-state index contributed by atoms with van der Waals surface area (Å²) in [5, 5.41) is 0. The van der Waals surface area contributed by atoms with Gasteiger partial charge in [0.2, 0.25) is 0 Å². The lowest BCUT2D eigenvalue weighted by atomic mass is 9.97. The Morgan fingerprint density at radius 1 is 1.47 bits per heavy atom. The van der Waals surface area contributed by atoms with Crippen molar-refractivity contribution >= 4 is 11.6 Å². The molecule has 0 saturated carbocycles. The summed E-state index contributed by atoms with van der Waals surface area (Å²) in [6.07, 6.45) is -1.14. The van der Waals surface area contributed by atoms with E-state index in [1.165, 1.54) is 23.4 Å². The van der Waals surface area contributed by atoms with Crippen molar-refractivity contribution < 1.29 is 18.0 Å². The number of nitrogen functional groups attached to an aromatic ring is 1. The van der Waals surface area contributed by atoms with Crippen molar-refractivity contribution in [2.75, 3.05) is 18.8 Å². The van der Waals surface area contributed by atoms with Crippen LogP contribution in [-0.2, 0) is 0 Å². The molecule has 1 aromatic rings. The van der Waals surface area contributed by atoms with Crippen molar-refractivity contribution in [3.05, 3.63) is 24.0 Å². The highest BCUT2D eigenvalue weighted by atomic mass is 19.4. The fourth-order valence-corrected chi connectivity index (χ4v) is 2.18. The molecule has 2 N–H and O–H groups in total. The maximum Gasteiger partial charge on any atom is 0.393 e. The van der Waals surface area contributed by atoms with Gasteiger partial charge < -0.3 is 10.6 Å². The van der Waals surface area contributed by atoms with Crippen LogP contribution >= 0.6 is 0 Å². The van der Waals surface area contributed by atoms with Gasteiger partial charge in [-0.1, -0.05) is 0 Å². The number of halogens is 3. The molecule has 1 amide bonds. The molecule has 1 unspecified atom stereocenters. The summed E-state index contributed by atoms with van der Waals surface area (Å²) in [4.78, 5) is 17.1. The van der Waals surface area contributed by atoms with E-state index in [1.807, 2.05) is 0 Å². The van der Waals surface area contributed by atoms with Gasteiger partial charge in [0, 0.05) is 31.2 Å². The van der Waals surface area contributed by atoms with Crippen LogP contribution in [-0.4, -0.2) is 35.1 Å². The van der Waals surface area contributed by atoms with E-state index in [1.54, 1.807) is 0 Å². The lowest BCUT2D eigenvalue weighted by molar-refractivity contribution is -0.184. The van der Waals surface area contributed by atoms with Gasteiger partial charge in [-0.3, -0.25) is 9.78 Å². The number of amides is 1. The van der Waals surface area contributed by atoms with E-state index >= 15 is 0 Å². The molecule has 1 aromatic heterocycles. The molecule has 7 heteroatoms. The smallest absolute Gasteiger partial charge is 0.393 e. The quantitative estimate of drug-likeness (QED) is 0.852. The Balaban J connectivity index is 2.14. The number of nitrogens with two attached hydrogens (primary N) is 1. The normalized spacial score (nSPS) is 20.4. The van der Waals surface area contributed by atoms with Crippen molar-refractivity contribution in [1.82, 2.24) is 9.88 Å². The number of alkyl halides is 3. The van der Waals surface area contributed by atoms with Gasteiger partial charge in [0.1, 0.15) is 0 Å². The molecule has 0 spiro atoms. The molecule has 1 aliphatic heterocycles. The van der Waals surface area contributed by atoms with Crippen LogP contribution < -0.4 is 5.73 Å². The highest BCUT2D eigenvalue weighted by molar-refractivity contribution is 5.98. The molecule has 2 heterocycles. The molecular weight excluding hydrogens is 259 g/mol. The summed E-state index contributed by atoms with van der Waals surface area (Å²) in [6.45, 7) is 0.0103. The molecule has 19 heavy (non-hydrogen) atoms. The van der Waals surface area contributed by atoms with Gasteiger partial charge in [-0.15, -0.1) is 0 Å². The van der Waals surface area contributed by atoms with E-state index in [-0.39, 0.29) is 24.2 Å². The first-order valence-electron chi connectivity index (χ1n) is 5.95. The minimum atomic E-state index is -4.26. The number of hydrogen-bond acceptors (Lipinski definition) is 3. The summed E-state index contributed by atoms with van der Waals surface area (Å²) < 4.78 is 38.1. The fourth-order valence-electron chi connectivity index (χ4n) is 2.18. The molecule has 4 nitrogen and oxygen atoms in total. The molecule has 104 valence electrons. The van der Waals surface area contributed by atoms with Crippen molar-refractivity contribution in [2.45, 2.75) is 19.0 Å². The Morgan fingerprint density at radius 3 is 2.84 bits per heavy atom. The summed E-state index contributed by atoms with van der Waals surface area (Å²) >= 11 is 0. The van der Waals surface area contributed by atoms with Crippen LogP contribution in [0.15, 0.2) is 18.5 Å². The highest BCUT2D eigenvalue weighted by Gasteiger charge is 2.42. The van der Waals surface area contributed by atoms with Crippen LogP contribution in [0.1, 0.15) is 23.2 Å². The number of piperidine rings is 1. The minimum Gasteiger partial charge on any atom is -0.398 e. The van der Waals surface area contributed by atoms with E-state index in [0.29, 0.717) is 13.0 Å². The lowest BCUT2D eigenvalue weighted by Crippen LogP contribution is -2.44. The number of likely N-dealkylation sites (tertiary alicyclic amines) is 1. The molecule has 1 aliphatic rings. The van der Waals surface area contributed by atoms with Crippen molar-refractivity contribution in [1.29, 1.82) is 0 Å². The Hall–Kier alpha value is -1.79. The molecule has 0 bridgehead atoms. The van der Waals surface area contributed by atoms with E-state index in [0.717, 1.165) is 0 Å². The van der Waals surface area contributed by atoms with Crippen molar-refractivity contribution in [3.8, 4) is 0 Å². The van der Waals surface area contributed by atoms with Crippen LogP contribution in [0.4, 0.5) is 18.9 Å². The number of carbonyl (C=O) groups is 1. The Labute approximate surface area is 108 Å². The monoisotopic (exact) mass is 273 g/mol.